The fourth-order valence-electron chi connectivity index (χ4n) is 4.37. The summed E-state index contributed by atoms with van der Waals surface area (Å²) in [6.07, 6.45) is 4.05. The van der Waals surface area contributed by atoms with Crippen molar-refractivity contribution in [2.75, 3.05) is 13.2 Å². The Bertz CT molecular complexity index is 1040. The van der Waals surface area contributed by atoms with Gasteiger partial charge in [-0.05, 0) is 49.4 Å². The summed E-state index contributed by atoms with van der Waals surface area (Å²) in [5, 5.41) is 1.23. The van der Waals surface area contributed by atoms with Crippen LogP contribution in [-0.4, -0.2) is 41.0 Å². The normalized spacial score (nSPS) is 22.5. The monoisotopic (exact) mass is 460 g/mol. The quantitative estimate of drug-likeness (QED) is 0.739. The van der Waals surface area contributed by atoms with Crippen molar-refractivity contribution in [1.29, 1.82) is 0 Å². The molecule has 2 N–H and O–H groups in total. The number of pyridine rings is 1. The third-order valence-electron chi connectivity index (χ3n) is 6.03. The van der Waals surface area contributed by atoms with Gasteiger partial charge in [0.15, 0.2) is 5.96 Å². The Morgan fingerprint density at radius 3 is 2.68 bits per heavy atom. The number of rotatable bonds is 4. The van der Waals surface area contributed by atoms with Crippen LogP contribution in [0.25, 0.3) is 0 Å². The van der Waals surface area contributed by atoms with Gasteiger partial charge in [0.2, 0.25) is 5.91 Å². The molecule has 0 radical (unpaired) electrons. The molecule has 2 aliphatic rings. The number of aliphatic imine (C=N–C) groups is 1. The van der Waals surface area contributed by atoms with Crippen LogP contribution in [0.2, 0.25) is 10.0 Å². The minimum atomic E-state index is -0.828. The molecule has 4 rings (SSSR count). The number of carbonyl (C=O) groups excluding carboxylic acids is 1. The van der Waals surface area contributed by atoms with Crippen LogP contribution in [0.3, 0.4) is 0 Å². The van der Waals surface area contributed by atoms with E-state index in [9.17, 15) is 4.79 Å². The van der Waals surface area contributed by atoms with E-state index in [4.69, 9.17) is 38.7 Å². The van der Waals surface area contributed by atoms with E-state index in [2.05, 4.69) is 4.98 Å². The lowest BCUT2D eigenvalue weighted by Crippen LogP contribution is -2.55. The number of hydrogen-bond acceptors (Lipinski definition) is 5. The Labute approximate surface area is 192 Å². The molecule has 1 saturated heterocycles. The van der Waals surface area contributed by atoms with Gasteiger partial charge in [0.25, 0.3) is 0 Å². The average Bonchev–Trinajstić information content (AvgIpc) is 2.71. The number of amides is 1. The van der Waals surface area contributed by atoms with Gasteiger partial charge in [-0.3, -0.25) is 14.7 Å². The van der Waals surface area contributed by atoms with Gasteiger partial charge in [-0.25, -0.2) is 4.99 Å². The number of halogens is 2. The number of nitrogens with zero attached hydrogens (tertiary/aromatic N) is 3. The Morgan fingerprint density at radius 1 is 1.26 bits per heavy atom. The molecule has 31 heavy (non-hydrogen) atoms. The predicted molar refractivity (Wildman–Crippen MR) is 123 cm³/mol. The number of guanidine groups is 1. The lowest BCUT2D eigenvalue weighted by atomic mass is 9.85. The van der Waals surface area contributed by atoms with E-state index in [1.54, 1.807) is 11.1 Å². The molecule has 2 aromatic rings. The number of ether oxygens (including phenoxy) is 1. The fourth-order valence-corrected chi connectivity index (χ4v) is 5.04. The van der Waals surface area contributed by atoms with Crippen LogP contribution in [0.1, 0.15) is 48.6 Å². The maximum absolute atomic E-state index is 13.1. The summed E-state index contributed by atoms with van der Waals surface area (Å²) in [5.74, 6) is 0.215. The highest BCUT2D eigenvalue weighted by atomic mass is 35.5. The van der Waals surface area contributed by atoms with Crippen molar-refractivity contribution in [1.82, 2.24) is 9.88 Å². The van der Waals surface area contributed by atoms with Gasteiger partial charge in [-0.15, -0.1) is 0 Å². The first-order valence-electron chi connectivity index (χ1n) is 10.4. The molecule has 164 valence electrons. The predicted octanol–water partition coefficient (Wildman–Crippen LogP) is 4.23. The van der Waals surface area contributed by atoms with E-state index in [0.29, 0.717) is 29.7 Å². The van der Waals surface area contributed by atoms with Crippen molar-refractivity contribution in [2.24, 2.45) is 10.7 Å². The topological polar surface area (TPSA) is 80.8 Å². The van der Waals surface area contributed by atoms with Gasteiger partial charge in [0.1, 0.15) is 0 Å². The van der Waals surface area contributed by atoms with Gasteiger partial charge >= 0.3 is 0 Å². The molecule has 1 fully saturated rings. The van der Waals surface area contributed by atoms with Gasteiger partial charge in [0, 0.05) is 47.6 Å². The molecule has 0 spiro atoms. The molecular formula is C23H26Cl2N4O2. The first-order valence-corrected chi connectivity index (χ1v) is 11.2. The minimum absolute atomic E-state index is 0.0332. The molecule has 2 aliphatic heterocycles. The number of aromatic nitrogens is 1. The van der Waals surface area contributed by atoms with E-state index in [-0.39, 0.29) is 24.3 Å². The molecule has 3 heterocycles. The molecule has 0 aliphatic carbocycles. The fraction of sp³-hybridized carbons (Fsp3) is 0.435. The van der Waals surface area contributed by atoms with Gasteiger partial charge in [0.05, 0.1) is 12.0 Å². The first-order chi connectivity index (χ1) is 14.8. The average molecular weight is 461 g/mol. The molecule has 8 heteroatoms. The van der Waals surface area contributed by atoms with Gasteiger partial charge in [-0.2, -0.15) is 0 Å². The van der Waals surface area contributed by atoms with Crippen LogP contribution >= 0.6 is 23.2 Å². The lowest BCUT2D eigenvalue weighted by molar-refractivity contribution is -0.132. The third-order valence-corrected chi connectivity index (χ3v) is 6.83. The SMILES string of the molecule is Cc1cc(Cl)c(Cc2cccc([C@]3(C)CC(=O)N(C4CCOCC4)C(N)=N3)c2Cl)cn1. The minimum Gasteiger partial charge on any atom is -0.381 e. The lowest BCUT2D eigenvalue weighted by Gasteiger charge is -2.40. The van der Waals surface area contributed by atoms with Crippen molar-refractivity contribution >= 4 is 35.1 Å². The van der Waals surface area contributed by atoms with Crippen molar-refractivity contribution < 1.29 is 9.53 Å². The van der Waals surface area contributed by atoms with E-state index >= 15 is 0 Å². The van der Waals surface area contributed by atoms with Gasteiger partial charge in [-0.1, -0.05) is 41.4 Å². The van der Waals surface area contributed by atoms with Crippen LogP contribution in [0, 0.1) is 6.92 Å². The molecule has 0 unspecified atom stereocenters. The Balaban J connectivity index is 1.65. The summed E-state index contributed by atoms with van der Waals surface area (Å²) >= 11 is 13.2. The number of nitrogens with two attached hydrogens (primary N) is 1. The molecule has 1 atom stereocenters. The third kappa shape index (κ3) is 4.43. The molecule has 0 bridgehead atoms. The maximum Gasteiger partial charge on any atom is 0.232 e. The van der Waals surface area contributed by atoms with Crippen molar-refractivity contribution in [3.05, 3.63) is 62.9 Å². The first kappa shape index (κ1) is 22.1. The Kier molecular flexibility index (Phi) is 6.24. The van der Waals surface area contributed by atoms with E-state index in [1.807, 2.05) is 38.1 Å². The Hall–Kier alpha value is -2.15. The largest absolute Gasteiger partial charge is 0.381 e. The van der Waals surface area contributed by atoms with E-state index < -0.39 is 5.54 Å². The second-order valence-corrected chi connectivity index (χ2v) is 9.19. The number of hydrogen-bond donors (Lipinski definition) is 1. The number of carbonyl (C=O) groups is 1. The zero-order chi connectivity index (χ0) is 22.2. The Morgan fingerprint density at radius 2 is 2.00 bits per heavy atom. The standard InChI is InChI=1S/C23H26Cl2N4O2/c1-14-10-19(24)16(13-27-14)11-15-4-3-5-18(21(15)25)23(2)12-20(30)29(22(26)28-23)17-6-8-31-9-7-17/h3-5,10,13,17H,6-9,11-12H2,1-2H3,(H2,26,28)/t23-/m0/s1. The van der Waals surface area contributed by atoms with E-state index in [1.165, 1.54) is 0 Å². The summed E-state index contributed by atoms with van der Waals surface area (Å²) in [6, 6.07) is 7.67. The molecule has 1 amide bonds. The highest BCUT2D eigenvalue weighted by Gasteiger charge is 2.41. The summed E-state index contributed by atoms with van der Waals surface area (Å²) < 4.78 is 5.41. The second-order valence-electron chi connectivity index (χ2n) is 8.40. The molecular weight excluding hydrogens is 435 g/mol. The zero-order valence-electron chi connectivity index (χ0n) is 17.7. The molecule has 0 saturated carbocycles. The van der Waals surface area contributed by atoms with Crippen LogP contribution in [0.15, 0.2) is 35.5 Å². The van der Waals surface area contributed by atoms with Crippen molar-refractivity contribution in [3.8, 4) is 0 Å². The van der Waals surface area contributed by atoms with Crippen LogP contribution in [0.5, 0.6) is 0 Å². The summed E-state index contributed by atoms with van der Waals surface area (Å²) in [5.41, 5.74) is 8.92. The van der Waals surface area contributed by atoms with E-state index in [0.717, 1.165) is 35.2 Å². The summed E-state index contributed by atoms with van der Waals surface area (Å²) in [7, 11) is 0. The second kappa shape index (κ2) is 8.77. The van der Waals surface area contributed by atoms with Crippen molar-refractivity contribution in [3.63, 3.8) is 0 Å². The zero-order valence-corrected chi connectivity index (χ0v) is 19.2. The van der Waals surface area contributed by atoms with Crippen molar-refractivity contribution in [2.45, 2.75) is 51.1 Å². The van der Waals surface area contributed by atoms with Crippen LogP contribution in [0.4, 0.5) is 0 Å². The summed E-state index contributed by atoms with van der Waals surface area (Å²) in [4.78, 5) is 23.9. The molecule has 1 aromatic heterocycles. The molecule has 1 aromatic carbocycles. The van der Waals surface area contributed by atoms with Crippen LogP contribution < -0.4 is 5.73 Å². The summed E-state index contributed by atoms with van der Waals surface area (Å²) in [6.45, 7) is 5.06. The highest BCUT2D eigenvalue weighted by Crippen LogP contribution is 2.40. The molecule has 6 nitrogen and oxygen atoms in total. The van der Waals surface area contributed by atoms with Gasteiger partial charge < -0.3 is 10.5 Å². The smallest absolute Gasteiger partial charge is 0.232 e. The maximum atomic E-state index is 13.1. The highest BCUT2D eigenvalue weighted by molar-refractivity contribution is 6.32. The van der Waals surface area contributed by atoms with Crippen LogP contribution in [-0.2, 0) is 21.5 Å². The number of benzene rings is 1. The number of aryl methyl sites for hydroxylation is 1.